The minimum absolute atomic E-state index is 0.0411. The van der Waals surface area contributed by atoms with Gasteiger partial charge in [0.1, 0.15) is 11.5 Å². The number of carbonyl (C=O) groups is 2. The van der Waals surface area contributed by atoms with E-state index in [0.29, 0.717) is 12.2 Å². The van der Waals surface area contributed by atoms with Crippen LogP contribution in [0.3, 0.4) is 0 Å². The summed E-state index contributed by atoms with van der Waals surface area (Å²) in [5.74, 6) is 0.715. The molecule has 1 aromatic rings. The van der Waals surface area contributed by atoms with Gasteiger partial charge >= 0.3 is 5.97 Å². The molecule has 1 fully saturated rings. The number of rotatable bonds is 3. The van der Waals surface area contributed by atoms with Crippen LogP contribution in [0.25, 0.3) is 0 Å². The second kappa shape index (κ2) is 4.89. The van der Waals surface area contributed by atoms with Crippen LogP contribution in [-0.4, -0.2) is 11.8 Å². The van der Waals surface area contributed by atoms with Gasteiger partial charge in [0.25, 0.3) is 0 Å². The second-order valence-electron chi connectivity index (χ2n) is 5.84. The molecule has 1 saturated carbocycles. The van der Waals surface area contributed by atoms with Crippen LogP contribution in [0.4, 0.5) is 0 Å². The van der Waals surface area contributed by atoms with Gasteiger partial charge in [-0.2, -0.15) is 0 Å². The highest BCUT2D eigenvalue weighted by Gasteiger charge is 2.44. The average Bonchev–Trinajstić information content (AvgIpc) is 2.89. The molecule has 0 spiro atoms. The number of benzene rings is 1. The van der Waals surface area contributed by atoms with Crippen molar-refractivity contribution in [3.63, 3.8) is 0 Å². The molecule has 0 radical (unpaired) electrons. The van der Waals surface area contributed by atoms with Gasteiger partial charge < -0.3 is 4.74 Å². The molecule has 3 nitrogen and oxygen atoms in total. The summed E-state index contributed by atoms with van der Waals surface area (Å²) in [7, 11) is 0. The summed E-state index contributed by atoms with van der Waals surface area (Å²) in [6.45, 7) is 4.01. The quantitative estimate of drug-likeness (QED) is 0.482. The number of aryl methyl sites for hydroxylation is 2. The fourth-order valence-electron chi connectivity index (χ4n) is 3.12. The van der Waals surface area contributed by atoms with Crippen LogP contribution < -0.4 is 4.74 Å². The van der Waals surface area contributed by atoms with E-state index in [2.05, 4.69) is 0 Å². The van der Waals surface area contributed by atoms with E-state index >= 15 is 0 Å². The third kappa shape index (κ3) is 2.28. The summed E-state index contributed by atoms with van der Waals surface area (Å²) in [6, 6.07) is 5.63. The molecule has 104 valence electrons. The first-order chi connectivity index (χ1) is 9.54. The number of carbonyl (C=O) groups excluding carboxylic acids is 2. The van der Waals surface area contributed by atoms with Gasteiger partial charge in [0.2, 0.25) is 0 Å². The maximum Gasteiger partial charge on any atom is 0.311 e. The topological polar surface area (TPSA) is 43.4 Å². The van der Waals surface area contributed by atoms with Gasteiger partial charge in [-0.25, -0.2) is 0 Å². The fourth-order valence-corrected chi connectivity index (χ4v) is 3.12. The van der Waals surface area contributed by atoms with Gasteiger partial charge in [-0.15, -0.1) is 0 Å². The van der Waals surface area contributed by atoms with Gasteiger partial charge in [-0.05, 0) is 49.4 Å². The lowest BCUT2D eigenvalue weighted by atomic mass is 9.90. The number of allylic oxidation sites excluding steroid dienone is 2. The van der Waals surface area contributed by atoms with Crippen molar-refractivity contribution in [2.24, 2.45) is 17.8 Å². The van der Waals surface area contributed by atoms with Crippen molar-refractivity contribution in [1.82, 2.24) is 0 Å². The summed E-state index contributed by atoms with van der Waals surface area (Å²) < 4.78 is 5.38. The number of hydrogen-bond donors (Lipinski definition) is 0. The zero-order chi connectivity index (χ0) is 14.3. The van der Waals surface area contributed by atoms with Gasteiger partial charge in [0.05, 0.1) is 0 Å². The van der Waals surface area contributed by atoms with Crippen molar-refractivity contribution in [3.8, 4) is 5.75 Å². The van der Waals surface area contributed by atoms with Crippen LogP contribution in [0.5, 0.6) is 5.75 Å². The lowest BCUT2D eigenvalue weighted by Crippen LogP contribution is -2.18. The van der Waals surface area contributed by atoms with Crippen molar-refractivity contribution in [2.45, 2.75) is 26.7 Å². The number of Topliss-reactive ketones (excluding diaryl/α,β-unsaturated/α-hetero) is 1. The Labute approximate surface area is 118 Å². The minimum Gasteiger partial charge on any atom is -0.427 e. The molecule has 0 aliphatic heterocycles. The van der Waals surface area contributed by atoms with Gasteiger partial charge in [-0.3, -0.25) is 9.59 Å². The Kier molecular flexibility index (Phi) is 3.20. The number of hydrogen-bond acceptors (Lipinski definition) is 3. The van der Waals surface area contributed by atoms with E-state index in [9.17, 15) is 9.59 Å². The average molecular weight is 270 g/mol. The standard InChI is InChI=1S/C17H18O3/c1-10-3-5-14(7-11(10)2)20-16(18)9-13-8-12-4-6-15(13)17(12)19/h3-7,12-13,15H,8-9H2,1-2H3. The smallest absolute Gasteiger partial charge is 0.311 e. The molecule has 0 N–H and O–H groups in total. The Bertz CT molecular complexity index is 600. The zero-order valence-corrected chi connectivity index (χ0v) is 11.8. The molecular weight excluding hydrogens is 252 g/mol. The maximum atomic E-state index is 12.0. The normalized spacial score (nSPS) is 27.1. The van der Waals surface area contributed by atoms with Crippen molar-refractivity contribution >= 4 is 11.8 Å². The molecule has 0 amide bonds. The largest absolute Gasteiger partial charge is 0.427 e. The van der Waals surface area contributed by atoms with Crippen molar-refractivity contribution < 1.29 is 14.3 Å². The zero-order valence-electron chi connectivity index (χ0n) is 11.8. The van der Waals surface area contributed by atoms with E-state index < -0.39 is 0 Å². The lowest BCUT2D eigenvalue weighted by molar-refractivity contribution is -0.135. The van der Waals surface area contributed by atoms with E-state index in [0.717, 1.165) is 12.0 Å². The van der Waals surface area contributed by atoms with Gasteiger partial charge in [0.15, 0.2) is 0 Å². The highest BCUT2D eigenvalue weighted by atomic mass is 16.5. The molecule has 20 heavy (non-hydrogen) atoms. The number of ether oxygens (including phenoxy) is 1. The highest BCUT2D eigenvalue weighted by Crippen LogP contribution is 2.42. The molecule has 0 saturated heterocycles. The van der Waals surface area contributed by atoms with E-state index in [1.54, 1.807) is 0 Å². The van der Waals surface area contributed by atoms with Crippen LogP contribution in [-0.2, 0) is 9.59 Å². The molecular formula is C17H18O3. The third-order valence-corrected chi connectivity index (χ3v) is 4.45. The molecule has 2 aliphatic rings. The first-order valence-corrected chi connectivity index (χ1v) is 7.04. The van der Waals surface area contributed by atoms with Crippen LogP contribution in [0, 0.1) is 31.6 Å². The summed E-state index contributed by atoms with van der Waals surface area (Å²) in [6.07, 6.45) is 5.04. The second-order valence-corrected chi connectivity index (χ2v) is 5.84. The van der Waals surface area contributed by atoms with E-state index in [1.807, 2.05) is 44.2 Å². The van der Waals surface area contributed by atoms with Crippen LogP contribution in [0.2, 0.25) is 0 Å². The monoisotopic (exact) mass is 270 g/mol. The Balaban J connectivity index is 1.62. The molecule has 3 unspecified atom stereocenters. The molecule has 3 heteroatoms. The first-order valence-electron chi connectivity index (χ1n) is 7.04. The Hall–Kier alpha value is -1.90. The molecule has 3 rings (SSSR count). The Morgan fingerprint density at radius 1 is 1.25 bits per heavy atom. The summed E-state index contributed by atoms with van der Waals surface area (Å²) in [5, 5.41) is 0. The molecule has 2 bridgehead atoms. The Morgan fingerprint density at radius 3 is 2.65 bits per heavy atom. The number of fused-ring (bicyclic) bond motifs is 2. The number of esters is 1. The van der Waals surface area contributed by atoms with Gasteiger partial charge in [0, 0.05) is 18.3 Å². The van der Waals surface area contributed by atoms with E-state index in [-0.39, 0.29) is 29.5 Å². The third-order valence-electron chi connectivity index (χ3n) is 4.45. The summed E-state index contributed by atoms with van der Waals surface area (Å²) in [5.41, 5.74) is 2.28. The summed E-state index contributed by atoms with van der Waals surface area (Å²) in [4.78, 5) is 23.8. The predicted molar refractivity (Wildman–Crippen MR) is 75.4 cm³/mol. The number of ketones is 1. The van der Waals surface area contributed by atoms with Crippen LogP contribution >= 0.6 is 0 Å². The van der Waals surface area contributed by atoms with Crippen molar-refractivity contribution in [3.05, 3.63) is 41.5 Å². The molecule has 0 aromatic heterocycles. The SMILES string of the molecule is Cc1ccc(OC(=O)CC2CC3C=CC2C3=O)cc1C. The van der Waals surface area contributed by atoms with E-state index in [4.69, 9.17) is 4.74 Å². The molecule has 2 aliphatic carbocycles. The van der Waals surface area contributed by atoms with Crippen molar-refractivity contribution in [1.29, 1.82) is 0 Å². The molecule has 1 aromatic carbocycles. The van der Waals surface area contributed by atoms with Crippen molar-refractivity contribution in [2.75, 3.05) is 0 Å². The Morgan fingerprint density at radius 2 is 2.05 bits per heavy atom. The van der Waals surface area contributed by atoms with E-state index in [1.165, 1.54) is 5.56 Å². The van der Waals surface area contributed by atoms with Gasteiger partial charge in [-0.1, -0.05) is 18.2 Å². The minimum atomic E-state index is -0.244. The summed E-state index contributed by atoms with van der Waals surface area (Å²) >= 11 is 0. The molecule has 3 atom stereocenters. The fraction of sp³-hybridized carbons (Fsp3) is 0.412. The molecule has 0 heterocycles. The van der Waals surface area contributed by atoms with Crippen LogP contribution in [0.15, 0.2) is 30.4 Å². The lowest BCUT2D eigenvalue weighted by Gasteiger charge is -2.15. The van der Waals surface area contributed by atoms with Crippen LogP contribution in [0.1, 0.15) is 24.0 Å². The maximum absolute atomic E-state index is 12.0. The first kappa shape index (κ1) is 13.1. The highest BCUT2D eigenvalue weighted by molar-refractivity contribution is 5.92. The predicted octanol–water partition coefficient (Wildman–Crippen LogP) is 2.99.